The first-order valence-electron chi connectivity index (χ1n) is 22.2. The molecule has 2 aliphatic heterocycles. The van der Waals surface area contributed by atoms with Gasteiger partial charge in [0.1, 0.15) is 36.2 Å². The highest BCUT2D eigenvalue weighted by molar-refractivity contribution is 5.65. The first-order chi connectivity index (χ1) is 31.1. The average Bonchev–Trinajstić information content (AvgIpc) is 4.20. The summed E-state index contributed by atoms with van der Waals surface area (Å²) >= 11 is 0. The monoisotopic (exact) mass is 838 g/mol. The van der Waals surface area contributed by atoms with Crippen LogP contribution in [0, 0.1) is 5.92 Å². The van der Waals surface area contributed by atoms with Crippen LogP contribution in [0.3, 0.4) is 0 Å². The summed E-state index contributed by atoms with van der Waals surface area (Å²) in [5.74, 6) is 6.18. The Morgan fingerprint density at radius 3 is 1.90 bits per heavy atom. The Labute approximate surface area is 363 Å². The fraction of sp³-hybridized carbons (Fsp3) is 0.378. The van der Waals surface area contributed by atoms with Gasteiger partial charge >= 0.3 is 0 Å². The lowest BCUT2D eigenvalue weighted by Crippen LogP contribution is -2.42. The molecule has 18 nitrogen and oxygen atoms in total. The molecular formula is C45H46N18. The quantitative estimate of drug-likeness (QED) is 0.140. The van der Waals surface area contributed by atoms with E-state index in [0.717, 1.165) is 114 Å². The van der Waals surface area contributed by atoms with Gasteiger partial charge in [0.25, 0.3) is 0 Å². The van der Waals surface area contributed by atoms with Gasteiger partial charge in [0.15, 0.2) is 23.3 Å². The van der Waals surface area contributed by atoms with Gasteiger partial charge in [-0.25, -0.2) is 19.9 Å². The SMILES string of the molecule is CCC1c2nncn2-c2cnc(-n3cnc(-c4cccnc4)c3)nc2N1C1CCC(Cc2nnc3n2-c2cnc(-n4cnc(-c5cccnc5)c4)nc2N(C2CCCC2)C3CC)C1. The number of hydrogen-bond acceptors (Lipinski definition) is 14. The van der Waals surface area contributed by atoms with Crippen molar-refractivity contribution in [1.82, 2.24) is 78.5 Å². The van der Waals surface area contributed by atoms with Crippen molar-refractivity contribution in [1.29, 1.82) is 0 Å². The van der Waals surface area contributed by atoms with Gasteiger partial charge in [0.05, 0.1) is 35.9 Å². The number of rotatable bonds is 10. The zero-order valence-corrected chi connectivity index (χ0v) is 35.2. The molecule has 2 fully saturated rings. The first-order valence-corrected chi connectivity index (χ1v) is 22.2. The molecule has 0 saturated heterocycles. The van der Waals surface area contributed by atoms with Crippen molar-refractivity contribution in [2.24, 2.45) is 5.92 Å². The van der Waals surface area contributed by atoms with E-state index in [9.17, 15) is 0 Å². The van der Waals surface area contributed by atoms with Crippen LogP contribution in [0.15, 0.2) is 92.8 Å². The normalized spacial score (nSPS) is 20.5. The summed E-state index contributed by atoms with van der Waals surface area (Å²) in [5.41, 5.74) is 5.33. The van der Waals surface area contributed by atoms with Crippen LogP contribution in [0.4, 0.5) is 11.6 Å². The van der Waals surface area contributed by atoms with Crippen molar-refractivity contribution >= 4 is 11.6 Å². The van der Waals surface area contributed by atoms with E-state index in [-0.39, 0.29) is 18.1 Å². The van der Waals surface area contributed by atoms with Gasteiger partial charge in [-0.2, -0.15) is 9.97 Å². The van der Waals surface area contributed by atoms with Gasteiger partial charge in [0.2, 0.25) is 11.9 Å². The average molecular weight is 839 g/mol. The Morgan fingerprint density at radius 1 is 0.619 bits per heavy atom. The second-order valence-electron chi connectivity index (χ2n) is 17.1. The van der Waals surface area contributed by atoms with Gasteiger partial charge in [-0.05, 0) is 75.1 Å². The highest BCUT2D eigenvalue weighted by Crippen LogP contribution is 2.47. The van der Waals surface area contributed by atoms with E-state index in [1.807, 2.05) is 75.1 Å². The van der Waals surface area contributed by atoms with Crippen molar-refractivity contribution in [3.05, 3.63) is 110 Å². The van der Waals surface area contributed by atoms with E-state index in [1.165, 1.54) is 12.8 Å². The lowest BCUT2D eigenvalue weighted by Gasteiger charge is -2.41. The molecule has 4 aliphatic rings. The topological polar surface area (TPSA) is 181 Å². The molecule has 12 rings (SSSR count). The van der Waals surface area contributed by atoms with E-state index in [4.69, 9.17) is 30.1 Å². The molecule has 0 radical (unpaired) electrons. The van der Waals surface area contributed by atoms with Crippen molar-refractivity contribution in [3.63, 3.8) is 0 Å². The van der Waals surface area contributed by atoms with Crippen molar-refractivity contribution in [2.45, 2.75) is 102 Å². The fourth-order valence-corrected chi connectivity index (χ4v) is 10.5. The molecule has 4 atom stereocenters. The molecule has 2 aliphatic carbocycles. The summed E-state index contributed by atoms with van der Waals surface area (Å²) in [6.45, 7) is 4.46. The molecule has 0 aromatic carbocycles. The molecule has 10 heterocycles. The minimum atomic E-state index is 0.00197. The van der Waals surface area contributed by atoms with E-state index in [1.54, 1.807) is 31.4 Å². The lowest BCUT2D eigenvalue weighted by atomic mass is 10.0. The molecule has 8 aromatic heterocycles. The molecule has 4 unspecified atom stereocenters. The zero-order valence-electron chi connectivity index (χ0n) is 35.2. The minimum absolute atomic E-state index is 0.00197. The van der Waals surface area contributed by atoms with Crippen LogP contribution in [0.25, 0.3) is 45.8 Å². The van der Waals surface area contributed by atoms with Gasteiger partial charge in [-0.15, -0.1) is 20.4 Å². The van der Waals surface area contributed by atoms with Crippen molar-refractivity contribution in [2.75, 3.05) is 9.80 Å². The largest absolute Gasteiger partial charge is 0.341 e. The number of hydrogen-bond donors (Lipinski definition) is 0. The number of aromatic nitrogens is 16. The summed E-state index contributed by atoms with van der Waals surface area (Å²) in [7, 11) is 0. The minimum Gasteiger partial charge on any atom is -0.341 e. The number of nitrogens with zero attached hydrogens (tertiary/aromatic N) is 18. The van der Waals surface area contributed by atoms with Gasteiger partial charge in [-0.1, -0.05) is 26.7 Å². The van der Waals surface area contributed by atoms with Crippen LogP contribution in [0.1, 0.15) is 101 Å². The maximum atomic E-state index is 5.34. The molecular weight excluding hydrogens is 793 g/mol. The Hall–Kier alpha value is -7.24. The number of anilines is 2. The molecule has 18 heteroatoms. The summed E-state index contributed by atoms with van der Waals surface area (Å²) in [5, 5.41) is 18.9. The van der Waals surface area contributed by atoms with Crippen molar-refractivity contribution in [3.8, 4) is 45.8 Å². The molecule has 63 heavy (non-hydrogen) atoms. The van der Waals surface area contributed by atoms with Crippen molar-refractivity contribution < 1.29 is 0 Å². The number of pyridine rings is 2. The van der Waals surface area contributed by atoms with Gasteiger partial charge in [-0.3, -0.25) is 28.2 Å². The third-order valence-corrected chi connectivity index (χ3v) is 13.5. The maximum Gasteiger partial charge on any atom is 0.237 e. The number of imidazole rings is 2. The predicted octanol–water partition coefficient (Wildman–Crippen LogP) is 6.82. The molecule has 2 saturated carbocycles. The Balaban J connectivity index is 0.862. The summed E-state index contributed by atoms with van der Waals surface area (Å²) in [6, 6.07) is 8.48. The van der Waals surface area contributed by atoms with Gasteiger partial charge < -0.3 is 9.80 Å². The summed E-state index contributed by atoms with van der Waals surface area (Å²) < 4.78 is 8.11. The van der Waals surface area contributed by atoms with Crippen LogP contribution in [-0.4, -0.2) is 90.6 Å². The Kier molecular flexibility index (Phi) is 9.10. The van der Waals surface area contributed by atoms with Crippen LogP contribution in [0.5, 0.6) is 0 Å². The van der Waals surface area contributed by atoms with E-state index in [0.29, 0.717) is 23.9 Å². The summed E-state index contributed by atoms with van der Waals surface area (Å²) in [6.07, 6.45) is 30.5. The molecule has 0 spiro atoms. The van der Waals surface area contributed by atoms with Gasteiger partial charge in [0, 0.05) is 66.8 Å². The standard InChI is InChI=1S/C45H46N18/c1-3-35-42-56-52-27-60(42)37-21-48-44(58-23-33(50-25-58)29-9-7-15-46-19-29)53-40(37)62(35)32-14-13-28(17-32)18-39-55-57-43-36(4-2)61(31-11-5-6-12-31)41-38(63(39)43)22-49-45(54-41)59-24-34(51-26-59)30-10-8-16-47-20-30/h7-10,15-16,19-28,31-32,35-36H,3-6,11-14,17-18H2,1-2H3. The Bertz CT molecular complexity index is 2910. The van der Waals surface area contributed by atoms with Crippen LogP contribution in [0.2, 0.25) is 0 Å². The molecule has 0 N–H and O–H groups in total. The zero-order chi connectivity index (χ0) is 42.0. The molecule has 316 valence electrons. The molecule has 0 amide bonds. The Morgan fingerprint density at radius 2 is 1.25 bits per heavy atom. The molecule has 0 bridgehead atoms. The third-order valence-electron chi connectivity index (χ3n) is 13.5. The number of fused-ring (bicyclic) bond motifs is 6. The van der Waals surface area contributed by atoms with E-state index < -0.39 is 0 Å². The van der Waals surface area contributed by atoms with Crippen LogP contribution in [-0.2, 0) is 6.42 Å². The lowest BCUT2D eigenvalue weighted by molar-refractivity contribution is 0.446. The fourth-order valence-electron chi connectivity index (χ4n) is 10.5. The highest BCUT2D eigenvalue weighted by atomic mass is 15.4. The predicted molar refractivity (Wildman–Crippen MR) is 233 cm³/mol. The molecule has 8 aromatic rings. The summed E-state index contributed by atoms with van der Waals surface area (Å²) in [4.78, 5) is 43.3. The van der Waals surface area contributed by atoms with E-state index in [2.05, 4.69) is 58.3 Å². The maximum absolute atomic E-state index is 5.34. The van der Waals surface area contributed by atoms with Crippen LogP contribution < -0.4 is 9.80 Å². The van der Waals surface area contributed by atoms with E-state index >= 15 is 0 Å². The smallest absolute Gasteiger partial charge is 0.237 e. The first kappa shape index (κ1) is 37.5. The highest BCUT2D eigenvalue weighted by Gasteiger charge is 2.43. The second kappa shape index (κ2) is 15.3. The second-order valence-corrected chi connectivity index (χ2v) is 17.1. The third kappa shape index (κ3) is 6.28. The van der Waals surface area contributed by atoms with Crippen LogP contribution >= 0.6 is 0 Å².